The molecule has 0 bridgehead atoms. The van der Waals surface area contributed by atoms with E-state index >= 15 is 0 Å². The van der Waals surface area contributed by atoms with Gasteiger partial charge in [-0.25, -0.2) is 0 Å². The fourth-order valence-electron chi connectivity index (χ4n) is 0.728. The third-order valence-corrected chi connectivity index (χ3v) is 1.43. The second-order valence-electron chi connectivity index (χ2n) is 2.36. The smallest absolute Gasteiger partial charge is 0.150 e. The molecule has 88 valence electrons. The number of hydrogen-bond acceptors (Lipinski definition) is 4. The van der Waals surface area contributed by atoms with Crippen LogP contribution in [0.1, 0.15) is 10.4 Å². The molecule has 0 aromatic heterocycles. The van der Waals surface area contributed by atoms with Crippen molar-refractivity contribution in [3.63, 3.8) is 0 Å². The molecule has 0 spiro atoms. The Morgan fingerprint density at radius 1 is 1.19 bits per heavy atom. The normalized spacial score (nSPS) is 7.19. The first kappa shape index (κ1) is 16.5. The Hall–Kier alpha value is -1.94. The van der Waals surface area contributed by atoms with Gasteiger partial charge in [0.1, 0.15) is 12.6 Å². The molecule has 4 nitrogen and oxygen atoms in total. The van der Waals surface area contributed by atoms with Gasteiger partial charge in [0.15, 0.2) is 0 Å². The molecule has 1 aromatic carbocycles. The van der Waals surface area contributed by atoms with Crippen LogP contribution in [0.25, 0.3) is 0 Å². The van der Waals surface area contributed by atoms with Gasteiger partial charge < -0.3 is 10.4 Å². The molecular weight excluding hydrogens is 206 g/mol. The number of rotatable bonds is 3. The highest BCUT2D eigenvalue weighted by Crippen LogP contribution is 2.05. The van der Waals surface area contributed by atoms with Gasteiger partial charge in [-0.2, -0.15) is 0 Å². The minimum atomic E-state index is 0.639. The molecular formula is C12H17NO3. The summed E-state index contributed by atoms with van der Waals surface area (Å²) in [4.78, 5) is 19.2. The van der Waals surface area contributed by atoms with E-state index in [4.69, 9.17) is 9.90 Å². The van der Waals surface area contributed by atoms with Crippen molar-refractivity contribution >= 4 is 18.3 Å². The number of anilines is 1. The molecule has 0 saturated heterocycles. The lowest BCUT2D eigenvalue weighted by atomic mass is 10.2. The minimum Gasteiger partial charge on any atom is -0.400 e. The molecule has 4 heteroatoms. The second kappa shape index (κ2) is 13.1. The van der Waals surface area contributed by atoms with E-state index in [1.807, 2.05) is 19.2 Å². The summed E-state index contributed by atoms with van der Waals surface area (Å²) in [6.45, 7) is 3.11. The maximum absolute atomic E-state index is 10.2. The van der Waals surface area contributed by atoms with Crippen molar-refractivity contribution in [3.05, 3.63) is 42.5 Å². The zero-order valence-electron chi connectivity index (χ0n) is 9.51. The van der Waals surface area contributed by atoms with Crippen LogP contribution in [0.15, 0.2) is 36.9 Å². The van der Waals surface area contributed by atoms with E-state index < -0.39 is 0 Å². The highest BCUT2D eigenvalue weighted by molar-refractivity contribution is 5.75. The summed E-state index contributed by atoms with van der Waals surface area (Å²) in [5.41, 5.74) is 1.73. The molecule has 0 radical (unpaired) electrons. The van der Waals surface area contributed by atoms with Crippen molar-refractivity contribution < 1.29 is 14.7 Å². The van der Waals surface area contributed by atoms with Gasteiger partial charge in [-0.1, -0.05) is 6.58 Å². The van der Waals surface area contributed by atoms with Crippen LogP contribution >= 0.6 is 0 Å². The molecule has 0 heterocycles. The number of carbonyl (C=O) groups is 2. The third-order valence-electron chi connectivity index (χ3n) is 1.43. The van der Waals surface area contributed by atoms with Crippen molar-refractivity contribution in [1.82, 2.24) is 0 Å². The van der Waals surface area contributed by atoms with E-state index in [1.165, 1.54) is 6.08 Å². The van der Waals surface area contributed by atoms with Crippen LogP contribution in [0, 0.1) is 0 Å². The number of nitrogens with one attached hydrogen (secondary N) is 1. The number of aldehydes is 2. The highest BCUT2D eigenvalue weighted by atomic mass is 16.2. The molecule has 0 aliphatic rings. The SMILES string of the molecule is C=CC=O.CNc1ccc(C=O)cc1.CO. The summed E-state index contributed by atoms with van der Waals surface area (Å²) in [5.74, 6) is 0. The molecule has 0 amide bonds. The molecule has 0 fully saturated rings. The van der Waals surface area contributed by atoms with Gasteiger partial charge in [-0.15, -0.1) is 0 Å². The molecule has 0 unspecified atom stereocenters. The average molecular weight is 223 g/mol. The molecule has 0 aliphatic heterocycles. The van der Waals surface area contributed by atoms with Crippen molar-refractivity contribution in [2.75, 3.05) is 19.5 Å². The van der Waals surface area contributed by atoms with E-state index in [-0.39, 0.29) is 0 Å². The number of aliphatic hydroxyl groups is 1. The summed E-state index contributed by atoms with van der Waals surface area (Å²) >= 11 is 0. The minimum absolute atomic E-state index is 0.639. The first-order valence-electron chi connectivity index (χ1n) is 4.52. The molecule has 16 heavy (non-hydrogen) atoms. The van der Waals surface area contributed by atoms with E-state index in [9.17, 15) is 4.79 Å². The lowest BCUT2D eigenvalue weighted by molar-refractivity contribution is -0.104. The first-order chi connectivity index (χ1) is 7.78. The van der Waals surface area contributed by atoms with Crippen LogP contribution < -0.4 is 5.32 Å². The summed E-state index contributed by atoms with van der Waals surface area (Å²) in [5, 5.41) is 9.96. The second-order valence-corrected chi connectivity index (χ2v) is 2.36. The monoisotopic (exact) mass is 223 g/mol. The average Bonchev–Trinajstić information content (AvgIpc) is 2.41. The van der Waals surface area contributed by atoms with Gasteiger partial charge in [-0.05, 0) is 30.3 Å². The zero-order valence-corrected chi connectivity index (χ0v) is 9.51. The Balaban J connectivity index is 0. The summed E-state index contributed by atoms with van der Waals surface area (Å²) in [6.07, 6.45) is 2.67. The number of carbonyl (C=O) groups excluding carboxylic acids is 2. The quantitative estimate of drug-likeness (QED) is 0.602. The highest BCUT2D eigenvalue weighted by Gasteiger charge is 1.87. The number of aliphatic hydroxyl groups excluding tert-OH is 1. The van der Waals surface area contributed by atoms with Crippen LogP contribution in [-0.2, 0) is 4.79 Å². The lowest BCUT2D eigenvalue weighted by Gasteiger charge is -1.97. The Bertz CT molecular complexity index is 288. The van der Waals surface area contributed by atoms with Gasteiger partial charge in [-0.3, -0.25) is 9.59 Å². The maximum atomic E-state index is 10.2. The fraction of sp³-hybridized carbons (Fsp3) is 0.167. The maximum Gasteiger partial charge on any atom is 0.150 e. The van der Waals surface area contributed by atoms with Gasteiger partial charge in [0.05, 0.1) is 0 Å². The first-order valence-corrected chi connectivity index (χ1v) is 4.52. The van der Waals surface area contributed by atoms with Crippen molar-refractivity contribution in [2.24, 2.45) is 0 Å². The molecule has 2 N–H and O–H groups in total. The number of hydrogen-bond donors (Lipinski definition) is 2. The summed E-state index contributed by atoms with van der Waals surface area (Å²) in [7, 11) is 2.84. The van der Waals surface area contributed by atoms with Crippen LogP contribution in [0.4, 0.5) is 5.69 Å². The van der Waals surface area contributed by atoms with Crippen molar-refractivity contribution in [2.45, 2.75) is 0 Å². The Morgan fingerprint density at radius 2 is 1.62 bits per heavy atom. The number of allylic oxidation sites excluding steroid dienone is 1. The van der Waals surface area contributed by atoms with Crippen LogP contribution in [-0.4, -0.2) is 31.8 Å². The fourth-order valence-corrected chi connectivity index (χ4v) is 0.728. The van der Waals surface area contributed by atoms with E-state index in [0.29, 0.717) is 11.8 Å². The van der Waals surface area contributed by atoms with Crippen LogP contribution in [0.2, 0.25) is 0 Å². The van der Waals surface area contributed by atoms with E-state index in [0.717, 1.165) is 19.1 Å². The van der Waals surface area contributed by atoms with E-state index in [2.05, 4.69) is 11.9 Å². The number of benzene rings is 1. The zero-order chi connectivity index (χ0) is 12.8. The van der Waals surface area contributed by atoms with Crippen LogP contribution in [0.3, 0.4) is 0 Å². The third kappa shape index (κ3) is 8.65. The van der Waals surface area contributed by atoms with Crippen molar-refractivity contribution in [1.29, 1.82) is 0 Å². The molecule has 0 aliphatic carbocycles. The molecule has 1 rings (SSSR count). The van der Waals surface area contributed by atoms with Gasteiger partial charge >= 0.3 is 0 Å². The topological polar surface area (TPSA) is 66.4 Å². The standard InChI is InChI=1S/C8H9NO.C3H4O.CH4O/c1-9-8-4-2-7(6-10)3-5-8;1-2-3-4;1-2/h2-6,9H,1H3;2-3H,1H2;2H,1H3. The van der Waals surface area contributed by atoms with Crippen molar-refractivity contribution in [3.8, 4) is 0 Å². The van der Waals surface area contributed by atoms with Crippen LogP contribution in [0.5, 0.6) is 0 Å². The molecule has 0 saturated carbocycles. The molecule has 0 atom stereocenters. The predicted octanol–water partition coefficient (Wildman–Crippen LogP) is 1.52. The molecule has 1 aromatic rings. The predicted molar refractivity (Wildman–Crippen MR) is 65.8 cm³/mol. The summed E-state index contributed by atoms with van der Waals surface area (Å²) < 4.78 is 0. The summed E-state index contributed by atoms with van der Waals surface area (Å²) in [6, 6.07) is 7.28. The van der Waals surface area contributed by atoms with Gasteiger partial charge in [0.25, 0.3) is 0 Å². The van der Waals surface area contributed by atoms with Gasteiger partial charge in [0.2, 0.25) is 0 Å². The Morgan fingerprint density at radius 3 is 1.88 bits per heavy atom. The van der Waals surface area contributed by atoms with E-state index in [1.54, 1.807) is 12.1 Å². The lowest BCUT2D eigenvalue weighted by Crippen LogP contribution is -1.87. The largest absolute Gasteiger partial charge is 0.400 e. The Kier molecular flexibility index (Phi) is 13.5. The Labute approximate surface area is 95.6 Å². The van der Waals surface area contributed by atoms with Gasteiger partial charge in [0, 0.05) is 25.4 Å².